The SMILES string of the molecule is CNCc1ccc2c(ccn2Cc2cc(Br)ccc2F)c1. The Morgan fingerprint density at radius 3 is 2.81 bits per heavy atom. The summed E-state index contributed by atoms with van der Waals surface area (Å²) in [6, 6.07) is 13.5. The number of benzene rings is 2. The molecule has 0 unspecified atom stereocenters. The number of halogens is 2. The van der Waals surface area contributed by atoms with Crippen LogP contribution in [0.3, 0.4) is 0 Å². The second kappa shape index (κ2) is 6.00. The first-order chi connectivity index (χ1) is 10.2. The normalized spacial score (nSPS) is 11.2. The molecule has 0 spiro atoms. The molecule has 0 bridgehead atoms. The Labute approximate surface area is 131 Å². The molecule has 21 heavy (non-hydrogen) atoms. The van der Waals surface area contributed by atoms with E-state index < -0.39 is 0 Å². The number of rotatable bonds is 4. The maximum atomic E-state index is 13.9. The monoisotopic (exact) mass is 346 g/mol. The van der Waals surface area contributed by atoms with Crippen LogP contribution in [0.25, 0.3) is 10.9 Å². The van der Waals surface area contributed by atoms with Gasteiger partial charge in [-0.3, -0.25) is 0 Å². The second-order valence-corrected chi connectivity index (χ2v) is 6.02. The minimum absolute atomic E-state index is 0.174. The summed E-state index contributed by atoms with van der Waals surface area (Å²) >= 11 is 3.39. The van der Waals surface area contributed by atoms with Crippen molar-refractivity contribution in [2.24, 2.45) is 0 Å². The Morgan fingerprint density at radius 1 is 1.14 bits per heavy atom. The molecule has 0 aliphatic rings. The Kier molecular flexibility index (Phi) is 4.08. The minimum Gasteiger partial charge on any atom is -0.343 e. The van der Waals surface area contributed by atoms with E-state index in [2.05, 4.69) is 50.1 Å². The standard InChI is InChI=1S/C17H16BrFN2/c1-20-10-12-2-5-17-13(8-12)6-7-21(17)11-14-9-15(18)3-4-16(14)19/h2-9,20H,10-11H2,1H3. The summed E-state index contributed by atoms with van der Waals surface area (Å²) in [5.74, 6) is -0.174. The van der Waals surface area contributed by atoms with Crippen LogP contribution in [0.15, 0.2) is 53.1 Å². The first kappa shape index (κ1) is 14.3. The molecule has 4 heteroatoms. The highest BCUT2D eigenvalue weighted by Crippen LogP contribution is 2.21. The Morgan fingerprint density at radius 2 is 2.00 bits per heavy atom. The second-order valence-electron chi connectivity index (χ2n) is 5.10. The molecule has 0 aliphatic carbocycles. The molecule has 0 fully saturated rings. The van der Waals surface area contributed by atoms with E-state index in [4.69, 9.17) is 0 Å². The van der Waals surface area contributed by atoms with E-state index in [9.17, 15) is 4.39 Å². The number of hydrogen-bond donors (Lipinski definition) is 1. The zero-order valence-electron chi connectivity index (χ0n) is 11.7. The molecule has 1 N–H and O–H groups in total. The fourth-order valence-electron chi connectivity index (χ4n) is 2.55. The van der Waals surface area contributed by atoms with Crippen molar-refractivity contribution >= 4 is 26.8 Å². The van der Waals surface area contributed by atoms with Gasteiger partial charge in [0.05, 0.1) is 6.54 Å². The molecular weight excluding hydrogens is 331 g/mol. The van der Waals surface area contributed by atoms with E-state index in [1.54, 1.807) is 6.07 Å². The van der Waals surface area contributed by atoms with Crippen LogP contribution in [0.2, 0.25) is 0 Å². The highest BCUT2D eigenvalue weighted by atomic mass is 79.9. The highest BCUT2D eigenvalue weighted by Gasteiger charge is 2.07. The predicted octanol–water partition coefficient (Wildman–Crippen LogP) is 4.31. The zero-order valence-corrected chi connectivity index (χ0v) is 13.3. The highest BCUT2D eigenvalue weighted by molar-refractivity contribution is 9.10. The maximum Gasteiger partial charge on any atom is 0.128 e. The molecule has 0 saturated carbocycles. The molecule has 0 saturated heterocycles. The Balaban J connectivity index is 1.96. The van der Waals surface area contributed by atoms with Gasteiger partial charge in [-0.1, -0.05) is 22.0 Å². The summed E-state index contributed by atoms with van der Waals surface area (Å²) in [4.78, 5) is 0. The lowest BCUT2D eigenvalue weighted by molar-refractivity contribution is 0.601. The van der Waals surface area contributed by atoms with Crippen molar-refractivity contribution in [3.63, 3.8) is 0 Å². The molecule has 0 atom stereocenters. The van der Waals surface area contributed by atoms with Crippen LogP contribution in [0.1, 0.15) is 11.1 Å². The average Bonchev–Trinajstić information content (AvgIpc) is 2.86. The topological polar surface area (TPSA) is 17.0 Å². The van der Waals surface area contributed by atoms with Crippen LogP contribution in [0.5, 0.6) is 0 Å². The van der Waals surface area contributed by atoms with E-state index in [0.29, 0.717) is 12.1 Å². The Bertz CT molecular complexity index is 780. The van der Waals surface area contributed by atoms with Gasteiger partial charge in [-0.25, -0.2) is 4.39 Å². The summed E-state index contributed by atoms with van der Waals surface area (Å²) < 4.78 is 16.9. The van der Waals surface area contributed by atoms with Gasteiger partial charge in [0.1, 0.15) is 5.82 Å². The van der Waals surface area contributed by atoms with Crippen molar-refractivity contribution in [2.45, 2.75) is 13.1 Å². The van der Waals surface area contributed by atoms with Crippen molar-refractivity contribution < 1.29 is 4.39 Å². The van der Waals surface area contributed by atoms with Crippen LogP contribution in [0, 0.1) is 5.82 Å². The fraction of sp³-hybridized carbons (Fsp3) is 0.176. The van der Waals surface area contributed by atoms with Crippen molar-refractivity contribution in [1.82, 2.24) is 9.88 Å². The quantitative estimate of drug-likeness (QED) is 0.744. The van der Waals surface area contributed by atoms with E-state index in [1.807, 2.05) is 19.3 Å². The predicted molar refractivity (Wildman–Crippen MR) is 87.9 cm³/mol. The molecule has 3 aromatic rings. The maximum absolute atomic E-state index is 13.9. The van der Waals surface area contributed by atoms with Gasteiger partial charge >= 0.3 is 0 Å². The molecule has 0 radical (unpaired) electrons. The van der Waals surface area contributed by atoms with Gasteiger partial charge in [0.2, 0.25) is 0 Å². The number of nitrogens with one attached hydrogen (secondary N) is 1. The van der Waals surface area contributed by atoms with Gasteiger partial charge in [-0.05, 0) is 54.4 Å². The molecule has 2 aromatic carbocycles. The number of fused-ring (bicyclic) bond motifs is 1. The number of hydrogen-bond acceptors (Lipinski definition) is 1. The average molecular weight is 347 g/mol. The van der Waals surface area contributed by atoms with Gasteiger partial charge in [0, 0.05) is 28.3 Å². The van der Waals surface area contributed by atoms with Gasteiger partial charge in [0.15, 0.2) is 0 Å². The molecule has 0 amide bonds. The minimum atomic E-state index is -0.174. The van der Waals surface area contributed by atoms with E-state index in [-0.39, 0.29) is 5.82 Å². The summed E-state index contributed by atoms with van der Waals surface area (Å²) in [6.07, 6.45) is 2.01. The van der Waals surface area contributed by atoms with Gasteiger partial charge < -0.3 is 9.88 Å². The first-order valence-corrected chi connectivity index (χ1v) is 7.63. The van der Waals surface area contributed by atoms with Crippen LogP contribution in [0.4, 0.5) is 4.39 Å². The first-order valence-electron chi connectivity index (χ1n) is 6.83. The summed E-state index contributed by atoms with van der Waals surface area (Å²) in [5, 5.41) is 4.33. The van der Waals surface area contributed by atoms with Crippen molar-refractivity contribution in [3.05, 3.63) is 70.1 Å². The van der Waals surface area contributed by atoms with Crippen LogP contribution >= 0.6 is 15.9 Å². The van der Waals surface area contributed by atoms with Gasteiger partial charge in [-0.15, -0.1) is 0 Å². The molecule has 2 nitrogen and oxygen atoms in total. The Hall–Kier alpha value is -1.65. The molecule has 1 heterocycles. The zero-order chi connectivity index (χ0) is 14.8. The van der Waals surface area contributed by atoms with Crippen LogP contribution < -0.4 is 5.32 Å². The lowest BCUT2D eigenvalue weighted by Crippen LogP contribution is -2.05. The largest absolute Gasteiger partial charge is 0.343 e. The fourth-order valence-corrected chi connectivity index (χ4v) is 2.96. The lowest BCUT2D eigenvalue weighted by Gasteiger charge is -2.08. The van der Waals surface area contributed by atoms with E-state index >= 15 is 0 Å². The number of nitrogens with zero attached hydrogens (tertiary/aromatic N) is 1. The van der Waals surface area contributed by atoms with E-state index in [0.717, 1.165) is 16.5 Å². The van der Waals surface area contributed by atoms with Crippen LogP contribution in [-0.2, 0) is 13.1 Å². The summed E-state index contributed by atoms with van der Waals surface area (Å²) in [5.41, 5.74) is 3.05. The van der Waals surface area contributed by atoms with Gasteiger partial charge in [0.25, 0.3) is 0 Å². The number of aromatic nitrogens is 1. The summed E-state index contributed by atoms with van der Waals surface area (Å²) in [7, 11) is 1.94. The molecular formula is C17H16BrFN2. The smallest absolute Gasteiger partial charge is 0.128 e. The van der Waals surface area contributed by atoms with Crippen molar-refractivity contribution in [2.75, 3.05) is 7.05 Å². The van der Waals surface area contributed by atoms with Crippen molar-refractivity contribution in [3.8, 4) is 0 Å². The third-order valence-electron chi connectivity index (χ3n) is 3.56. The van der Waals surface area contributed by atoms with Crippen molar-refractivity contribution in [1.29, 1.82) is 0 Å². The molecule has 1 aromatic heterocycles. The third-order valence-corrected chi connectivity index (χ3v) is 4.06. The molecule has 0 aliphatic heterocycles. The molecule has 108 valence electrons. The van der Waals surface area contributed by atoms with E-state index in [1.165, 1.54) is 17.0 Å². The van der Waals surface area contributed by atoms with Gasteiger partial charge in [-0.2, -0.15) is 0 Å². The lowest BCUT2D eigenvalue weighted by atomic mass is 10.1. The van der Waals surface area contributed by atoms with Crippen LogP contribution in [-0.4, -0.2) is 11.6 Å². The molecule has 3 rings (SSSR count). The summed E-state index contributed by atoms with van der Waals surface area (Å²) in [6.45, 7) is 1.38. The third kappa shape index (κ3) is 3.01.